The van der Waals surface area contributed by atoms with Gasteiger partial charge in [0.15, 0.2) is 3.77 Å². The number of hydrogen-bond acceptors (Lipinski definition) is 5. The van der Waals surface area contributed by atoms with Crippen LogP contribution in [0.4, 0.5) is 5.69 Å². The first-order chi connectivity index (χ1) is 9.06. The molecule has 0 spiro atoms. The number of esters is 1. The lowest BCUT2D eigenvalue weighted by Gasteiger charge is -2.02. The van der Waals surface area contributed by atoms with Crippen molar-refractivity contribution in [2.45, 2.75) is 6.61 Å². The Balaban J connectivity index is 1.98. The molecular formula is C12H8INO5. The van der Waals surface area contributed by atoms with Crippen LogP contribution >= 0.6 is 22.6 Å². The maximum Gasteiger partial charge on any atom is 0.338 e. The van der Waals surface area contributed by atoms with E-state index in [4.69, 9.17) is 9.15 Å². The monoisotopic (exact) mass is 373 g/mol. The lowest BCUT2D eigenvalue weighted by Crippen LogP contribution is -2.04. The number of furan rings is 1. The molecule has 0 atom stereocenters. The lowest BCUT2D eigenvalue weighted by molar-refractivity contribution is -0.384. The first-order valence-corrected chi connectivity index (χ1v) is 6.30. The van der Waals surface area contributed by atoms with Crippen LogP contribution in [-0.4, -0.2) is 10.9 Å². The Morgan fingerprint density at radius 2 is 1.95 bits per heavy atom. The first-order valence-electron chi connectivity index (χ1n) is 5.22. The second-order valence-corrected chi connectivity index (χ2v) is 4.65. The highest BCUT2D eigenvalue weighted by Crippen LogP contribution is 2.14. The average Bonchev–Trinajstić information content (AvgIpc) is 2.82. The van der Waals surface area contributed by atoms with Gasteiger partial charge in [-0.1, -0.05) is 0 Å². The summed E-state index contributed by atoms with van der Waals surface area (Å²) in [6, 6.07) is 8.69. The Kier molecular flexibility index (Phi) is 4.15. The molecule has 7 heteroatoms. The second kappa shape index (κ2) is 5.83. The minimum Gasteiger partial charge on any atom is -0.454 e. The molecule has 98 valence electrons. The fourth-order valence-electron chi connectivity index (χ4n) is 1.37. The van der Waals surface area contributed by atoms with Crippen molar-refractivity contribution in [3.8, 4) is 0 Å². The molecule has 0 aliphatic rings. The van der Waals surface area contributed by atoms with Gasteiger partial charge in [-0.25, -0.2) is 4.79 Å². The number of halogens is 1. The summed E-state index contributed by atoms with van der Waals surface area (Å²) in [6.07, 6.45) is 0. The number of nitro benzene ring substituents is 1. The predicted molar refractivity (Wildman–Crippen MR) is 73.6 cm³/mol. The number of ether oxygens (including phenoxy) is 1. The van der Waals surface area contributed by atoms with E-state index in [1.54, 1.807) is 12.1 Å². The SMILES string of the molecule is O=C(OCc1ccc(I)o1)c1ccc([N+](=O)[O-])cc1. The Bertz CT molecular complexity index is 605. The van der Waals surface area contributed by atoms with E-state index in [1.807, 2.05) is 22.6 Å². The second-order valence-electron chi connectivity index (χ2n) is 3.59. The fraction of sp³-hybridized carbons (Fsp3) is 0.0833. The van der Waals surface area contributed by atoms with Gasteiger partial charge >= 0.3 is 5.97 Å². The van der Waals surface area contributed by atoms with Gasteiger partial charge in [0.25, 0.3) is 5.69 Å². The highest BCUT2D eigenvalue weighted by atomic mass is 127. The van der Waals surface area contributed by atoms with Crippen molar-refractivity contribution >= 4 is 34.2 Å². The van der Waals surface area contributed by atoms with Crippen LogP contribution in [0.15, 0.2) is 40.8 Å². The lowest BCUT2D eigenvalue weighted by atomic mass is 10.2. The summed E-state index contributed by atoms with van der Waals surface area (Å²) >= 11 is 2.01. The minimum atomic E-state index is -0.554. The number of carbonyl (C=O) groups excluding carboxylic acids is 1. The summed E-state index contributed by atoms with van der Waals surface area (Å²) in [6.45, 7) is 0.0266. The smallest absolute Gasteiger partial charge is 0.338 e. The van der Waals surface area contributed by atoms with Crippen molar-refractivity contribution in [3.63, 3.8) is 0 Å². The van der Waals surface area contributed by atoms with Crippen LogP contribution in [0.5, 0.6) is 0 Å². The average molecular weight is 373 g/mol. The van der Waals surface area contributed by atoms with E-state index in [2.05, 4.69) is 0 Å². The molecule has 0 radical (unpaired) electrons. The number of hydrogen-bond donors (Lipinski definition) is 0. The first kappa shape index (κ1) is 13.5. The molecule has 1 heterocycles. The van der Waals surface area contributed by atoms with E-state index < -0.39 is 10.9 Å². The summed E-state index contributed by atoms with van der Waals surface area (Å²) in [7, 11) is 0. The summed E-state index contributed by atoms with van der Waals surface area (Å²) in [5.41, 5.74) is 0.184. The number of rotatable bonds is 4. The van der Waals surface area contributed by atoms with Gasteiger partial charge in [-0.3, -0.25) is 10.1 Å². The van der Waals surface area contributed by atoms with Gasteiger partial charge in [-0.2, -0.15) is 0 Å². The van der Waals surface area contributed by atoms with Gasteiger partial charge in [-0.15, -0.1) is 0 Å². The molecule has 2 aromatic rings. The van der Waals surface area contributed by atoms with Crippen LogP contribution in [0.3, 0.4) is 0 Å². The van der Waals surface area contributed by atoms with Crippen LogP contribution in [0.1, 0.15) is 16.1 Å². The van der Waals surface area contributed by atoms with Gasteiger partial charge in [0.2, 0.25) is 0 Å². The molecule has 0 N–H and O–H groups in total. The van der Waals surface area contributed by atoms with Crippen molar-refractivity contribution in [2.75, 3.05) is 0 Å². The molecule has 1 aromatic heterocycles. The minimum absolute atomic E-state index is 0.0266. The molecule has 1 aromatic carbocycles. The molecule has 6 nitrogen and oxygen atoms in total. The van der Waals surface area contributed by atoms with Crippen molar-refractivity contribution in [3.05, 3.63) is 61.6 Å². The zero-order chi connectivity index (χ0) is 13.8. The Labute approximate surface area is 121 Å². The number of carbonyl (C=O) groups is 1. The number of nitrogens with zero attached hydrogens (tertiary/aromatic N) is 1. The van der Waals surface area contributed by atoms with E-state index in [1.165, 1.54) is 24.3 Å². The van der Waals surface area contributed by atoms with E-state index in [-0.39, 0.29) is 17.9 Å². The molecule has 0 unspecified atom stereocenters. The zero-order valence-electron chi connectivity index (χ0n) is 9.54. The largest absolute Gasteiger partial charge is 0.454 e. The third-order valence-corrected chi connectivity index (χ3v) is 2.87. The molecule has 0 aliphatic carbocycles. The molecule has 0 bridgehead atoms. The van der Waals surface area contributed by atoms with Crippen LogP contribution in [0, 0.1) is 13.9 Å². The highest BCUT2D eigenvalue weighted by molar-refractivity contribution is 14.1. The van der Waals surface area contributed by atoms with Crippen LogP contribution in [-0.2, 0) is 11.3 Å². The molecule has 0 amide bonds. The number of benzene rings is 1. The quantitative estimate of drug-likeness (QED) is 0.356. The van der Waals surface area contributed by atoms with Gasteiger partial charge in [0, 0.05) is 12.1 Å². The van der Waals surface area contributed by atoms with Gasteiger partial charge < -0.3 is 9.15 Å². The molecule has 0 aliphatic heterocycles. The molecular weight excluding hydrogens is 365 g/mol. The van der Waals surface area contributed by atoms with Crippen molar-refractivity contribution in [1.29, 1.82) is 0 Å². The normalized spacial score (nSPS) is 10.2. The van der Waals surface area contributed by atoms with Crippen LogP contribution in [0.25, 0.3) is 0 Å². The maximum absolute atomic E-state index is 11.7. The van der Waals surface area contributed by atoms with Crippen molar-refractivity contribution < 1.29 is 18.9 Å². The molecule has 0 saturated heterocycles. The predicted octanol–water partition coefficient (Wildman–Crippen LogP) is 3.15. The zero-order valence-corrected chi connectivity index (χ0v) is 11.7. The summed E-state index contributed by atoms with van der Waals surface area (Å²) in [4.78, 5) is 21.6. The van der Waals surface area contributed by atoms with Crippen LogP contribution in [0.2, 0.25) is 0 Å². The summed E-state index contributed by atoms with van der Waals surface area (Å²) in [5.74, 6) is -0.0130. The van der Waals surface area contributed by atoms with Gasteiger partial charge in [0.1, 0.15) is 12.4 Å². The van der Waals surface area contributed by atoms with Gasteiger partial charge in [0.05, 0.1) is 10.5 Å². The van der Waals surface area contributed by atoms with E-state index in [9.17, 15) is 14.9 Å². The molecule has 0 saturated carbocycles. The van der Waals surface area contributed by atoms with Crippen LogP contribution < -0.4 is 0 Å². The third kappa shape index (κ3) is 3.53. The highest BCUT2D eigenvalue weighted by Gasteiger charge is 2.11. The third-order valence-electron chi connectivity index (χ3n) is 2.29. The van der Waals surface area contributed by atoms with Crippen molar-refractivity contribution in [1.82, 2.24) is 0 Å². The topological polar surface area (TPSA) is 82.6 Å². The van der Waals surface area contributed by atoms with E-state index in [0.717, 1.165) is 0 Å². The van der Waals surface area contributed by atoms with E-state index in [0.29, 0.717) is 9.53 Å². The fourth-order valence-corrected chi connectivity index (χ4v) is 1.83. The van der Waals surface area contributed by atoms with Gasteiger partial charge in [-0.05, 0) is 46.9 Å². The molecule has 19 heavy (non-hydrogen) atoms. The number of nitro groups is 1. The Hall–Kier alpha value is -1.90. The Morgan fingerprint density at radius 1 is 1.26 bits per heavy atom. The standard InChI is InChI=1S/C12H8INO5/c13-11-6-5-10(19-11)7-18-12(15)8-1-3-9(4-2-8)14(16)17/h1-6H,7H2. The van der Waals surface area contributed by atoms with E-state index >= 15 is 0 Å². The maximum atomic E-state index is 11.7. The number of non-ortho nitro benzene ring substituents is 1. The molecule has 0 fully saturated rings. The van der Waals surface area contributed by atoms with Crippen molar-refractivity contribution in [2.24, 2.45) is 0 Å². The Morgan fingerprint density at radius 3 is 2.47 bits per heavy atom. The summed E-state index contributed by atoms with van der Waals surface area (Å²) in [5, 5.41) is 10.5. The summed E-state index contributed by atoms with van der Waals surface area (Å²) < 4.78 is 11.0. The molecule has 2 rings (SSSR count).